The van der Waals surface area contributed by atoms with Crippen LogP contribution in [0.1, 0.15) is 47.0 Å². The second-order valence-electron chi connectivity index (χ2n) is 4.83. The summed E-state index contributed by atoms with van der Waals surface area (Å²) in [5.41, 5.74) is 1.37. The first-order valence-corrected chi connectivity index (χ1v) is 9.18. The van der Waals surface area contributed by atoms with E-state index < -0.39 is 16.0 Å². The number of nitrogens with one attached hydrogen (secondary N) is 1. The lowest BCUT2D eigenvalue weighted by Gasteiger charge is -2.12. The Kier molecular flexibility index (Phi) is 4.70. The number of carbonyl (C=O) groups excluding carboxylic acids is 1. The molecular weight excluding hydrogens is 298 g/mol. The van der Waals surface area contributed by atoms with Gasteiger partial charge in [-0.25, -0.2) is 13.2 Å². The first kappa shape index (κ1) is 15.3. The molecule has 2 rings (SSSR count). The standard InChI is InChI=1S/C13H19NO4S2/c1-3-8-20(16,17)14-12-11(13(15)18-2)9-6-4-5-7-10(9)19-12/h14H,3-8H2,1-2H3. The average molecular weight is 317 g/mol. The lowest BCUT2D eigenvalue weighted by atomic mass is 9.95. The number of ether oxygens (including phenoxy) is 1. The molecule has 0 amide bonds. The zero-order valence-electron chi connectivity index (χ0n) is 11.7. The van der Waals surface area contributed by atoms with Crippen molar-refractivity contribution in [1.82, 2.24) is 0 Å². The van der Waals surface area contributed by atoms with Gasteiger partial charge in [0.1, 0.15) is 5.00 Å². The van der Waals surface area contributed by atoms with Crippen LogP contribution in [0.3, 0.4) is 0 Å². The van der Waals surface area contributed by atoms with Gasteiger partial charge in [-0.05, 0) is 37.7 Å². The minimum atomic E-state index is -3.40. The summed E-state index contributed by atoms with van der Waals surface area (Å²) in [4.78, 5) is 13.1. The Bertz CT molecular complexity index is 604. The van der Waals surface area contributed by atoms with E-state index >= 15 is 0 Å². The Hall–Kier alpha value is -1.08. The highest BCUT2D eigenvalue weighted by Crippen LogP contribution is 2.39. The Morgan fingerprint density at radius 3 is 2.70 bits per heavy atom. The lowest BCUT2D eigenvalue weighted by molar-refractivity contribution is 0.0601. The summed E-state index contributed by atoms with van der Waals surface area (Å²) in [5, 5.41) is 0.414. The molecule has 1 aliphatic rings. The van der Waals surface area contributed by atoms with E-state index in [0.29, 0.717) is 17.0 Å². The number of aryl methyl sites for hydroxylation is 1. The number of fused-ring (bicyclic) bond motifs is 1. The minimum absolute atomic E-state index is 0.0518. The lowest BCUT2D eigenvalue weighted by Crippen LogP contribution is -2.18. The third kappa shape index (κ3) is 3.15. The van der Waals surface area contributed by atoms with Gasteiger partial charge in [0, 0.05) is 4.88 Å². The smallest absolute Gasteiger partial charge is 0.341 e. The molecule has 1 heterocycles. The zero-order valence-corrected chi connectivity index (χ0v) is 13.3. The van der Waals surface area contributed by atoms with Gasteiger partial charge >= 0.3 is 5.97 Å². The van der Waals surface area contributed by atoms with Gasteiger partial charge in [-0.15, -0.1) is 11.3 Å². The van der Waals surface area contributed by atoms with Crippen LogP contribution in [-0.4, -0.2) is 27.2 Å². The molecule has 1 N–H and O–H groups in total. The maximum absolute atomic E-state index is 12.0. The molecule has 0 radical (unpaired) electrons. The maximum atomic E-state index is 12.0. The molecule has 0 saturated carbocycles. The molecule has 0 spiro atoms. The predicted octanol–water partition coefficient (Wildman–Crippen LogP) is 2.57. The van der Waals surface area contributed by atoms with Crippen molar-refractivity contribution in [2.24, 2.45) is 0 Å². The SMILES string of the molecule is CCCS(=O)(=O)Nc1sc2c(c1C(=O)OC)CCCC2. The van der Waals surface area contributed by atoms with Crippen molar-refractivity contribution in [2.45, 2.75) is 39.0 Å². The van der Waals surface area contributed by atoms with E-state index in [1.54, 1.807) is 6.92 Å². The van der Waals surface area contributed by atoms with E-state index in [1.807, 2.05) is 0 Å². The van der Waals surface area contributed by atoms with Crippen molar-refractivity contribution in [1.29, 1.82) is 0 Å². The second kappa shape index (κ2) is 6.13. The Morgan fingerprint density at radius 2 is 2.05 bits per heavy atom. The van der Waals surface area contributed by atoms with Crippen LogP contribution in [-0.2, 0) is 27.6 Å². The molecule has 1 aliphatic carbocycles. The van der Waals surface area contributed by atoms with Crippen LogP contribution in [0, 0.1) is 0 Å². The summed E-state index contributed by atoms with van der Waals surface area (Å²) in [5.74, 6) is -0.408. The highest BCUT2D eigenvalue weighted by Gasteiger charge is 2.27. The fourth-order valence-electron chi connectivity index (χ4n) is 2.42. The molecule has 0 fully saturated rings. The Balaban J connectivity index is 2.42. The molecule has 0 unspecified atom stereocenters. The summed E-state index contributed by atoms with van der Waals surface area (Å²) in [6, 6.07) is 0. The van der Waals surface area contributed by atoms with E-state index in [1.165, 1.54) is 18.4 Å². The third-order valence-electron chi connectivity index (χ3n) is 3.28. The van der Waals surface area contributed by atoms with Crippen LogP contribution in [0.5, 0.6) is 0 Å². The van der Waals surface area contributed by atoms with Crippen LogP contribution < -0.4 is 4.72 Å². The molecule has 7 heteroatoms. The first-order valence-electron chi connectivity index (χ1n) is 6.72. The Labute approximate surface area is 123 Å². The number of anilines is 1. The molecule has 0 bridgehead atoms. The van der Waals surface area contributed by atoms with Gasteiger partial charge in [0.15, 0.2) is 0 Å². The van der Waals surface area contributed by atoms with Gasteiger partial charge in [-0.3, -0.25) is 4.72 Å². The molecule has 20 heavy (non-hydrogen) atoms. The summed E-state index contributed by atoms with van der Waals surface area (Å²) < 4.78 is 31.2. The van der Waals surface area contributed by atoms with Crippen LogP contribution in [0.4, 0.5) is 5.00 Å². The van der Waals surface area contributed by atoms with Gasteiger partial charge < -0.3 is 4.74 Å². The molecule has 0 aliphatic heterocycles. The van der Waals surface area contributed by atoms with E-state index in [2.05, 4.69) is 4.72 Å². The number of methoxy groups -OCH3 is 1. The quantitative estimate of drug-likeness (QED) is 0.847. The zero-order chi connectivity index (χ0) is 14.8. The van der Waals surface area contributed by atoms with Crippen LogP contribution in [0.25, 0.3) is 0 Å². The van der Waals surface area contributed by atoms with E-state index in [9.17, 15) is 13.2 Å². The maximum Gasteiger partial charge on any atom is 0.341 e. The van der Waals surface area contributed by atoms with Gasteiger partial charge in [0.05, 0.1) is 18.4 Å². The molecule has 112 valence electrons. The number of sulfonamides is 1. The molecule has 0 saturated heterocycles. The van der Waals surface area contributed by atoms with Crippen molar-refractivity contribution >= 4 is 32.3 Å². The number of carbonyl (C=O) groups is 1. The fourth-order valence-corrected chi connectivity index (χ4v) is 5.12. The monoisotopic (exact) mass is 317 g/mol. The van der Waals surface area contributed by atoms with Crippen molar-refractivity contribution in [3.05, 3.63) is 16.0 Å². The molecule has 0 aromatic carbocycles. The predicted molar refractivity (Wildman–Crippen MR) is 80.0 cm³/mol. The van der Waals surface area contributed by atoms with Crippen molar-refractivity contribution in [3.8, 4) is 0 Å². The fraction of sp³-hybridized carbons (Fsp3) is 0.615. The van der Waals surface area contributed by atoms with E-state index in [0.717, 1.165) is 36.1 Å². The number of esters is 1. The number of rotatable bonds is 5. The summed E-state index contributed by atoms with van der Waals surface area (Å²) >= 11 is 1.37. The van der Waals surface area contributed by atoms with Crippen LogP contribution in [0.15, 0.2) is 0 Å². The summed E-state index contributed by atoms with van der Waals surface area (Å²) in [7, 11) is -2.08. The van der Waals surface area contributed by atoms with Gasteiger partial charge in [-0.2, -0.15) is 0 Å². The van der Waals surface area contributed by atoms with Crippen molar-refractivity contribution < 1.29 is 17.9 Å². The first-order chi connectivity index (χ1) is 9.48. The van der Waals surface area contributed by atoms with Gasteiger partial charge in [-0.1, -0.05) is 6.92 Å². The number of hydrogen-bond acceptors (Lipinski definition) is 5. The Morgan fingerprint density at radius 1 is 1.35 bits per heavy atom. The highest BCUT2D eigenvalue weighted by molar-refractivity contribution is 7.92. The molecule has 5 nitrogen and oxygen atoms in total. The van der Waals surface area contributed by atoms with Crippen LogP contribution >= 0.6 is 11.3 Å². The summed E-state index contributed by atoms with van der Waals surface area (Å²) in [6.45, 7) is 1.81. The van der Waals surface area contributed by atoms with E-state index in [4.69, 9.17) is 4.74 Å². The molecule has 0 atom stereocenters. The average Bonchev–Trinajstić information content (AvgIpc) is 2.74. The third-order valence-corrected chi connectivity index (χ3v) is 6.08. The van der Waals surface area contributed by atoms with Gasteiger partial charge in [0.2, 0.25) is 10.0 Å². The number of hydrogen-bond donors (Lipinski definition) is 1. The van der Waals surface area contributed by atoms with Crippen molar-refractivity contribution in [3.63, 3.8) is 0 Å². The van der Waals surface area contributed by atoms with E-state index in [-0.39, 0.29) is 5.75 Å². The van der Waals surface area contributed by atoms with Crippen LogP contribution in [0.2, 0.25) is 0 Å². The molecule has 1 aromatic rings. The minimum Gasteiger partial charge on any atom is -0.465 e. The normalized spacial score (nSPS) is 14.7. The number of thiophene rings is 1. The molecule has 1 aromatic heterocycles. The topological polar surface area (TPSA) is 72.5 Å². The van der Waals surface area contributed by atoms with Gasteiger partial charge in [0.25, 0.3) is 0 Å². The highest BCUT2D eigenvalue weighted by atomic mass is 32.2. The molecular formula is C13H19NO4S2. The summed E-state index contributed by atoms with van der Waals surface area (Å²) in [6.07, 6.45) is 4.35. The second-order valence-corrected chi connectivity index (χ2v) is 7.77. The largest absolute Gasteiger partial charge is 0.465 e. The van der Waals surface area contributed by atoms with Crippen molar-refractivity contribution in [2.75, 3.05) is 17.6 Å².